The summed E-state index contributed by atoms with van der Waals surface area (Å²) in [7, 11) is -9.60. The van der Waals surface area contributed by atoms with E-state index < -0.39 is 20.4 Å². The minimum Gasteiger partial charge on any atom is -0.206 e. The van der Waals surface area contributed by atoms with Crippen LogP contribution in [0.25, 0.3) is 0 Å². The van der Waals surface area contributed by atoms with Crippen LogP contribution in [0, 0.1) is 0 Å². The van der Waals surface area contributed by atoms with E-state index in [9.17, 15) is 20.7 Å². The van der Waals surface area contributed by atoms with Gasteiger partial charge in [-0.3, -0.25) is 0 Å². The second kappa shape index (κ2) is 3.64. The molecule has 0 bridgehead atoms. The van der Waals surface area contributed by atoms with Gasteiger partial charge in [0.05, 0.1) is 4.90 Å². The zero-order valence-electron chi connectivity index (χ0n) is 6.71. The van der Waals surface area contributed by atoms with Crippen LogP contribution in [0.2, 0.25) is 0 Å². The Morgan fingerprint density at radius 3 is 1.93 bits per heavy atom. The van der Waals surface area contributed by atoms with E-state index in [-0.39, 0.29) is 4.90 Å². The van der Waals surface area contributed by atoms with Crippen LogP contribution >= 0.6 is 0 Å². The van der Waals surface area contributed by atoms with Gasteiger partial charge in [-0.25, -0.2) is 8.42 Å². The Hall–Kier alpha value is -0.990. The van der Waals surface area contributed by atoms with Crippen LogP contribution in [0.3, 0.4) is 0 Å². The highest BCUT2D eigenvalue weighted by molar-refractivity contribution is 8.02. The number of sulfonamides is 1. The van der Waals surface area contributed by atoms with E-state index in [4.69, 9.17) is 0 Å². The largest absolute Gasteiger partial charge is 0.385 e. The summed E-state index contributed by atoms with van der Waals surface area (Å²) in [6, 6.07) is 6.61. The monoisotopic (exact) mass is 239 g/mol. The average Bonchev–Trinajstić information content (AvgIpc) is 2.01. The maximum atomic E-state index is 12.1. The zero-order chi connectivity index (χ0) is 10.8. The molecule has 5 nitrogen and oxygen atoms in total. The fourth-order valence-electron chi connectivity index (χ4n) is 0.779. The van der Waals surface area contributed by atoms with Crippen molar-refractivity contribution >= 4 is 20.4 Å². The third-order valence-corrected chi connectivity index (χ3v) is 3.83. The van der Waals surface area contributed by atoms with Crippen LogP contribution in [0.4, 0.5) is 3.89 Å². The number of hydrogen-bond donors (Lipinski definition) is 1. The lowest BCUT2D eigenvalue weighted by Gasteiger charge is -2.01. The molecule has 8 heteroatoms. The summed E-state index contributed by atoms with van der Waals surface area (Å²) in [5, 5.41) is 0. The number of halogens is 1. The SMILES string of the molecule is O=S(=O)(F)NS(=O)(=O)c1ccccc1. The molecule has 14 heavy (non-hydrogen) atoms. The van der Waals surface area contributed by atoms with Gasteiger partial charge in [-0.05, 0) is 12.1 Å². The normalized spacial score (nSPS) is 12.6. The molecule has 0 unspecified atom stereocenters. The molecule has 0 aliphatic heterocycles. The van der Waals surface area contributed by atoms with Crippen molar-refractivity contribution in [3.8, 4) is 0 Å². The van der Waals surface area contributed by atoms with E-state index in [1.165, 1.54) is 12.1 Å². The summed E-state index contributed by atoms with van der Waals surface area (Å²) in [5.74, 6) is 0. The van der Waals surface area contributed by atoms with Gasteiger partial charge in [0.2, 0.25) is 0 Å². The highest BCUT2D eigenvalue weighted by atomic mass is 32.3. The molecule has 0 atom stereocenters. The van der Waals surface area contributed by atoms with Gasteiger partial charge < -0.3 is 0 Å². The van der Waals surface area contributed by atoms with Gasteiger partial charge in [0.15, 0.2) is 0 Å². The lowest BCUT2D eigenvalue weighted by molar-refractivity contribution is 0.542. The molecule has 0 fully saturated rings. The topological polar surface area (TPSA) is 80.3 Å². The zero-order valence-corrected chi connectivity index (χ0v) is 8.35. The van der Waals surface area contributed by atoms with E-state index in [2.05, 4.69) is 0 Å². The molecule has 0 saturated carbocycles. The van der Waals surface area contributed by atoms with Crippen LogP contribution in [-0.2, 0) is 20.4 Å². The number of benzene rings is 1. The Labute approximate surface area is 81.0 Å². The molecule has 0 saturated heterocycles. The van der Waals surface area contributed by atoms with Crippen LogP contribution < -0.4 is 4.13 Å². The first-order chi connectivity index (χ1) is 6.31. The summed E-state index contributed by atoms with van der Waals surface area (Å²) in [4.78, 5) is -0.318. The van der Waals surface area contributed by atoms with E-state index in [0.717, 1.165) is 16.3 Å². The molecular formula is C6H6FNO4S2. The van der Waals surface area contributed by atoms with Gasteiger partial charge in [0, 0.05) is 0 Å². The van der Waals surface area contributed by atoms with Crippen LogP contribution in [0.15, 0.2) is 35.2 Å². The third-order valence-electron chi connectivity index (χ3n) is 1.26. The van der Waals surface area contributed by atoms with E-state index in [1.807, 2.05) is 0 Å². The van der Waals surface area contributed by atoms with Crippen molar-refractivity contribution in [3.63, 3.8) is 0 Å². The molecule has 1 aromatic rings. The van der Waals surface area contributed by atoms with Gasteiger partial charge in [0.1, 0.15) is 0 Å². The van der Waals surface area contributed by atoms with Gasteiger partial charge in [-0.15, -0.1) is 0 Å². The van der Waals surface area contributed by atoms with Gasteiger partial charge in [0.25, 0.3) is 10.0 Å². The number of nitrogens with one attached hydrogen (secondary N) is 1. The summed E-state index contributed by atoms with van der Waals surface area (Å²) in [6.07, 6.45) is 0. The van der Waals surface area contributed by atoms with Crippen molar-refractivity contribution in [1.29, 1.82) is 0 Å². The van der Waals surface area contributed by atoms with Gasteiger partial charge in [-0.1, -0.05) is 26.2 Å². The molecule has 0 radical (unpaired) electrons. The summed E-state index contributed by atoms with van der Waals surface area (Å²) in [5.41, 5.74) is 0. The van der Waals surface area contributed by atoms with Gasteiger partial charge >= 0.3 is 10.4 Å². The lowest BCUT2D eigenvalue weighted by Crippen LogP contribution is -2.27. The number of rotatable bonds is 3. The fraction of sp³-hybridized carbons (Fsp3) is 0. The minimum absolute atomic E-state index is 0.318. The predicted octanol–water partition coefficient (Wildman–Crippen LogP) is 0.179. The molecule has 0 amide bonds. The molecule has 78 valence electrons. The molecule has 0 heterocycles. The first-order valence-electron chi connectivity index (χ1n) is 3.34. The molecule has 0 aliphatic carbocycles. The maximum absolute atomic E-state index is 12.1. The van der Waals surface area contributed by atoms with E-state index in [0.29, 0.717) is 0 Å². The van der Waals surface area contributed by atoms with Crippen molar-refractivity contribution < 1.29 is 20.7 Å². The standard InChI is InChI=1S/C6H6FNO4S2/c7-14(11,12)8-13(9,10)6-4-2-1-3-5-6/h1-5,8H. The lowest BCUT2D eigenvalue weighted by atomic mass is 10.4. The molecule has 0 aliphatic rings. The highest BCUT2D eigenvalue weighted by Gasteiger charge is 2.21. The van der Waals surface area contributed by atoms with Crippen molar-refractivity contribution in [2.75, 3.05) is 0 Å². The number of hydrogen-bond acceptors (Lipinski definition) is 4. The Bertz CT molecular complexity index is 508. The highest BCUT2D eigenvalue weighted by Crippen LogP contribution is 2.08. The molecule has 0 aromatic heterocycles. The van der Waals surface area contributed by atoms with E-state index in [1.54, 1.807) is 6.07 Å². The minimum atomic E-state index is -5.27. The Morgan fingerprint density at radius 2 is 1.50 bits per heavy atom. The van der Waals surface area contributed by atoms with Crippen molar-refractivity contribution in [3.05, 3.63) is 30.3 Å². The van der Waals surface area contributed by atoms with Crippen LogP contribution in [0.5, 0.6) is 0 Å². The second-order valence-corrected chi connectivity index (χ2v) is 5.36. The van der Waals surface area contributed by atoms with Crippen molar-refractivity contribution in [1.82, 2.24) is 4.13 Å². The Morgan fingerprint density at radius 1 is 1.00 bits per heavy atom. The Balaban J connectivity index is 3.12. The second-order valence-electron chi connectivity index (χ2n) is 2.34. The van der Waals surface area contributed by atoms with Crippen LogP contribution in [-0.4, -0.2) is 16.8 Å². The smallest absolute Gasteiger partial charge is 0.206 e. The molecule has 1 aromatic carbocycles. The predicted molar refractivity (Wildman–Crippen MR) is 46.8 cm³/mol. The van der Waals surface area contributed by atoms with Crippen molar-refractivity contribution in [2.45, 2.75) is 4.90 Å². The maximum Gasteiger partial charge on any atom is 0.385 e. The fourth-order valence-corrected chi connectivity index (χ4v) is 2.73. The van der Waals surface area contributed by atoms with E-state index >= 15 is 0 Å². The first-order valence-corrected chi connectivity index (χ1v) is 6.21. The first kappa shape index (κ1) is 11.1. The average molecular weight is 239 g/mol. The summed E-state index contributed by atoms with van der Waals surface area (Å²) < 4.78 is 55.3. The quantitative estimate of drug-likeness (QED) is 0.763. The molecule has 0 spiro atoms. The summed E-state index contributed by atoms with van der Waals surface area (Å²) >= 11 is 0. The van der Waals surface area contributed by atoms with Crippen LogP contribution in [0.1, 0.15) is 0 Å². The third kappa shape index (κ3) is 3.05. The summed E-state index contributed by atoms with van der Waals surface area (Å²) in [6.45, 7) is 0. The Kier molecular flexibility index (Phi) is 2.88. The van der Waals surface area contributed by atoms with Crippen molar-refractivity contribution in [2.24, 2.45) is 0 Å². The molecule has 1 N–H and O–H groups in total. The molecular weight excluding hydrogens is 233 g/mol. The van der Waals surface area contributed by atoms with Gasteiger partial charge in [-0.2, -0.15) is 8.42 Å². The molecule has 1 rings (SSSR count).